The first kappa shape index (κ1) is 17.8. The number of benzene rings is 1. The van der Waals surface area contributed by atoms with Crippen LogP contribution in [0.5, 0.6) is 0 Å². The molecule has 0 spiro atoms. The van der Waals surface area contributed by atoms with Gasteiger partial charge in [-0.1, -0.05) is 56.1 Å². The fraction of sp³-hybridized carbons (Fsp3) is 0.625. The number of thioether (sulfide) groups is 2. The summed E-state index contributed by atoms with van der Waals surface area (Å²) >= 11 is 16.8. The molecule has 1 aliphatic rings. The summed E-state index contributed by atoms with van der Waals surface area (Å²) in [5.41, 5.74) is 1.14. The fourth-order valence-electron chi connectivity index (χ4n) is 2.48. The Morgan fingerprint density at radius 3 is 2.71 bits per heavy atom. The van der Waals surface area contributed by atoms with Gasteiger partial charge in [-0.3, -0.25) is 0 Å². The number of hydrogen-bond acceptors (Lipinski definition) is 3. The van der Waals surface area contributed by atoms with Crippen LogP contribution in [0.2, 0.25) is 10.0 Å². The third-order valence-corrected chi connectivity index (χ3v) is 8.20. The Hall–Kier alpha value is 0.460. The van der Waals surface area contributed by atoms with Gasteiger partial charge in [0, 0.05) is 27.5 Å². The minimum absolute atomic E-state index is 0.267. The van der Waals surface area contributed by atoms with Crippen LogP contribution in [-0.4, -0.2) is 28.0 Å². The fourth-order valence-corrected chi connectivity index (χ4v) is 6.02. The van der Waals surface area contributed by atoms with Crippen LogP contribution in [0.4, 0.5) is 0 Å². The third-order valence-electron chi connectivity index (χ3n) is 3.88. The summed E-state index contributed by atoms with van der Waals surface area (Å²) in [4.78, 5) is 0. The van der Waals surface area contributed by atoms with E-state index in [-0.39, 0.29) is 6.04 Å². The minimum Gasteiger partial charge on any atom is -0.309 e. The summed E-state index contributed by atoms with van der Waals surface area (Å²) in [7, 11) is 0. The van der Waals surface area contributed by atoms with E-state index in [4.69, 9.17) is 23.2 Å². The molecule has 0 aromatic heterocycles. The summed E-state index contributed by atoms with van der Waals surface area (Å²) in [5, 5.41) is 6.94. The molecule has 1 aromatic rings. The van der Waals surface area contributed by atoms with Gasteiger partial charge in [0.15, 0.2) is 0 Å². The van der Waals surface area contributed by atoms with Gasteiger partial charge in [-0.15, -0.1) is 0 Å². The Balaban J connectivity index is 2.23. The molecular formula is C16H23Cl2NS2. The molecule has 21 heavy (non-hydrogen) atoms. The smallest absolute Gasteiger partial charge is 0.0640 e. The molecule has 0 bridgehead atoms. The van der Waals surface area contributed by atoms with Gasteiger partial charge in [-0.05, 0) is 24.6 Å². The van der Waals surface area contributed by atoms with Crippen LogP contribution in [0, 0.1) is 0 Å². The average molecular weight is 364 g/mol. The van der Waals surface area contributed by atoms with E-state index in [0.29, 0.717) is 25.8 Å². The van der Waals surface area contributed by atoms with E-state index in [1.54, 1.807) is 0 Å². The zero-order valence-electron chi connectivity index (χ0n) is 12.7. The second kappa shape index (κ2) is 8.35. The van der Waals surface area contributed by atoms with Crippen molar-refractivity contribution >= 4 is 46.7 Å². The molecule has 1 aromatic carbocycles. The van der Waals surface area contributed by atoms with Gasteiger partial charge in [-0.2, -0.15) is 23.5 Å². The molecule has 0 aliphatic carbocycles. The predicted molar refractivity (Wildman–Crippen MR) is 100 cm³/mol. The molecule has 0 saturated carbocycles. The average Bonchev–Trinajstić information content (AvgIpc) is 2.47. The number of rotatable bonds is 5. The zero-order chi connectivity index (χ0) is 15.4. The highest BCUT2D eigenvalue weighted by Gasteiger charge is 2.32. The van der Waals surface area contributed by atoms with Gasteiger partial charge in [-0.25, -0.2) is 0 Å². The van der Waals surface area contributed by atoms with E-state index < -0.39 is 0 Å². The number of nitrogens with one attached hydrogen (secondary N) is 1. The van der Waals surface area contributed by atoms with E-state index in [0.717, 1.165) is 24.3 Å². The Morgan fingerprint density at radius 1 is 1.29 bits per heavy atom. The van der Waals surface area contributed by atoms with Gasteiger partial charge in [0.2, 0.25) is 0 Å². The van der Waals surface area contributed by atoms with Crippen LogP contribution in [0.15, 0.2) is 18.2 Å². The quantitative estimate of drug-likeness (QED) is 0.724. The number of halogens is 2. The van der Waals surface area contributed by atoms with Crippen molar-refractivity contribution in [1.29, 1.82) is 0 Å². The van der Waals surface area contributed by atoms with E-state index in [1.807, 2.05) is 12.1 Å². The molecule has 0 radical (unpaired) electrons. The van der Waals surface area contributed by atoms with Crippen molar-refractivity contribution in [2.75, 3.05) is 12.3 Å². The standard InChI is InChI=1S/C16H23Cl2NS2/c1-4-8-19-16(12-6-5-7-13(17)15(12)18)14-9-20-10(2)11(3)21-14/h5-7,10-11,14,16,19H,4,8-9H2,1-3H3. The summed E-state index contributed by atoms with van der Waals surface area (Å²) in [6.07, 6.45) is 1.12. The lowest BCUT2D eigenvalue weighted by Gasteiger charge is -2.37. The van der Waals surface area contributed by atoms with Crippen LogP contribution in [0.3, 0.4) is 0 Å². The minimum atomic E-state index is 0.267. The van der Waals surface area contributed by atoms with Crippen molar-refractivity contribution in [3.05, 3.63) is 33.8 Å². The summed E-state index contributed by atoms with van der Waals surface area (Å²) in [5.74, 6) is 1.15. The molecule has 1 saturated heterocycles. The molecule has 2 rings (SSSR count). The largest absolute Gasteiger partial charge is 0.309 e. The van der Waals surface area contributed by atoms with Gasteiger partial charge in [0.25, 0.3) is 0 Å². The lowest BCUT2D eigenvalue weighted by molar-refractivity contribution is 0.528. The predicted octanol–water partition coefficient (Wildman–Crippen LogP) is 5.66. The first-order valence-corrected chi connectivity index (χ1v) is 10.2. The lowest BCUT2D eigenvalue weighted by Crippen LogP contribution is -2.37. The van der Waals surface area contributed by atoms with Gasteiger partial charge in [0.05, 0.1) is 10.0 Å². The molecule has 118 valence electrons. The molecule has 4 atom stereocenters. The third kappa shape index (κ3) is 4.48. The Morgan fingerprint density at radius 2 is 2.05 bits per heavy atom. The van der Waals surface area contributed by atoms with Crippen molar-refractivity contribution in [1.82, 2.24) is 5.32 Å². The molecule has 1 fully saturated rings. The molecule has 5 heteroatoms. The zero-order valence-corrected chi connectivity index (χ0v) is 15.9. The Bertz CT molecular complexity index is 470. The van der Waals surface area contributed by atoms with Crippen LogP contribution in [0.1, 0.15) is 38.8 Å². The highest BCUT2D eigenvalue weighted by molar-refractivity contribution is 8.07. The summed E-state index contributed by atoms with van der Waals surface area (Å²) < 4.78 is 0. The summed E-state index contributed by atoms with van der Waals surface area (Å²) in [6.45, 7) is 7.83. The van der Waals surface area contributed by atoms with E-state index >= 15 is 0 Å². The normalized spacial score (nSPS) is 27.6. The molecular weight excluding hydrogens is 341 g/mol. The highest BCUT2D eigenvalue weighted by atomic mass is 35.5. The molecule has 1 nitrogen and oxygen atoms in total. The Kier molecular flexibility index (Phi) is 7.08. The summed E-state index contributed by atoms with van der Waals surface area (Å²) in [6, 6.07) is 6.23. The van der Waals surface area contributed by atoms with Crippen molar-refractivity contribution in [3.8, 4) is 0 Å². The second-order valence-corrected chi connectivity index (χ2v) is 9.31. The van der Waals surface area contributed by atoms with Crippen LogP contribution >= 0.6 is 46.7 Å². The molecule has 1 heterocycles. The van der Waals surface area contributed by atoms with Crippen molar-refractivity contribution < 1.29 is 0 Å². The van der Waals surface area contributed by atoms with Crippen LogP contribution in [0.25, 0.3) is 0 Å². The van der Waals surface area contributed by atoms with Crippen LogP contribution in [-0.2, 0) is 0 Å². The first-order chi connectivity index (χ1) is 10.0. The van der Waals surface area contributed by atoms with Gasteiger partial charge < -0.3 is 5.32 Å². The highest BCUT2D eigenvalue weighted by Crippen LogP contribution is 2.43. The van der Waals surface area contributed by atoms with Gasteiger partial charge in [0.1, 0.15) is 0 Å². The van der Waals surface area contributed by atoms with Crippen molar-refractivity contribution in [3.63, 3.8) is 0 Å². The Labute approximate surface area is 146 Å². The maximum Gasteiger partial charge on any atom is 0.0640 e. The van der Waals surface area contributed by atoms with E-state index in [1.165, 1.54) is 0 Å². The maximum atomic E-state index is 6.46. The molecule has 4 unspecified atom stereocenters. The SMILES string of the molecule is CCCNC(c1cccc(Cl)c1Cl)C1CSC(C)C(C)S1. The van der Waals surface area contributed by atoms with Crippen molar-refractivity contribution in [2.45, 2.75) is 49.0 Å². The molecule has 1 aliphatic heterocycles. The molecule has 1 N–H and O–H groups in total. The van der Waals surface area contributed by atoms with Gasteiger partial charge >= 0.3 is 0 Å². The van der Waals surface area contributed by atoms with E-state index in [9.17, 15) is 0 Å². The number of hydrogen-bond donors (Lipinski definition) is 1. The first-order valence-electron chi connectivity index (χ1n) is 7.49. The van der Waals surface area contributed by atoms with Crippen LogP contribution < -0.4 is 5.32 Å². The molecule has 0 amide bonds. The second-order valence-electron chi connectivity index (χ2n) is 5.49. The topological polar surface area (TPSA) is 12.0 Å². The van der Waals surface area contributed by atoms with E-state index in [2.05, 4.69) is 55.7 Å². The maximum absolute atomic E-state index is 6.46. The monoisotopic (exact) mass is 363 g/mol. The van der Waals surface area contributed by atoms with Crippen molar-refractivity contribution in [2.24, 2.45) is 0 Å². The lowest BCUT2D eigenvalue weighted by atomic mass is 10.0.